The molecule has 0 aromatic heterocycles. The minimum absolute atomic E-state index is 0.0189. The van der Waals surface area contributed by atoms with Gasteiger partial charge in [-0.2, -0.15) is 0 Å². The molecule has 0 unspecified atom stereocenters. The van der Waals surface area contributed by atoms with Crippen molar-refractivity contribution in [1.29, 1.82) is 0 Å². The number of hydrogen-bond donors (Lipinski definition) is 1. The average Bonchev–Trinajstić information content (AvgIpc) is 2.56. The van der Waals surface area contributed by atoms with Gasteiger partial charge in [0, 0.05) is 6.20 Å². The molecule has 0 aliphatic rings. The molecule has 1 N–H and O–H groups in total. The Balaban J connectivity index is 2.66. The Kier molecular flexibility index (Phi) is 7.18. The maximum absolute atomic E-state index is 11.9. The van der Waals surface area contributed by atoms with E-state index in [1.54, 1.807) is 24.3 Å². The first-order valence-corrected chi connectivity index (χ1v) is 6.38. The van der Waals surface area contributed by atoms with Crippen molar-refractivity contribution in [2.24, 2.45) is 0 Å². The number of carbonyl (C=O) groups excluding carboxylic acids is 3. The van der Waals surface area contributed by atoms with Crippen LogP contribution in [0.2, 0.25) is 0 Å². The summed E-state index contributed by atoms with van der Waals surface area (Å²) in [5.74, 6) is -2.26. The van der Waals surface area contributed by atoms with E-state index >= 15 is 0 Å². The molecule has 0 spiro atoms. The smallest absolute Gasteiger partial charge is 0.347 e. The van der Waals surface area contributed by atoms with Crippen LogP contribution in [0, 0.1) is 0 Å². The highest BCUT2D eigenvalue weighted by Gasteiger charge is 2.20. The molecular weight excluding hydrogens is 290 g/mol. The van der Waals surface area contributed by atoms with E-state index in [0.29, 0.717) is 0 Å². The molecule has 1 rings (SSSR count). The molecule has 1 aromatic rings. The second kappa shape index (κ2) is 9.17. The van der Waals surface area contributed by atoms with E-state index < -0.39 is 17.9 Å². The van der Waals surface area contributed by atoms with Crippen molar-refractivity contribution < 1.29 is 28.6 Å². The van der Waals surface area contributed by atoms with Crippen molar-refractivity contribution in [2.75, 3.05) is 20.8 Å². The first kappa shape index (κ1) is 17.2. The van der Waals surface area contributed by atoms with Crippen molar-refractivity contribution in [3.05, 3.63) is 47.7 Å². The highest BCUT2D eigenvalue weighted by atomic mass is 16.5. The lowest BCUT2D eigenvalue weighted by Crippen LogP contribution is -2.24. The van der Waals surface area contributed by atoms with Crippen LogP contribution in [-0.2, 0) is 35.2 Å². The zero-order chi connectivity index (χ0) is 16.4. The molecule has 1 aromatic carbocycles. The van der Waals surface area contributed by atoms with Gasteiger partial charge in [0.05, 0.1) is 14.2 Å². The minimum Gasteiger partial charge on any atom is -0.468 e. The molecule has 0 bridgehead atoms. The Hall–Kier alpha value is -2.83. The van der Waals surface area contributed by atoms with Gasteiger partial charge in [0.25, 0.3) is 0 Å². The molecule has 0 fully saturated rings. The molecule has 0 aliphatic carbocycles. The van der Waals surface area contributed by atoms with Crippen LogP contribution in [0.15, 0.2) is 42.1 Å². The van der Waals surface area contributed by atoms with Crippen LogP contribution in [0.1, 0.15) is 5.56 Å². The van der Waals surface area contributed by atoms with Crippen molar-refractivity contribution in [3.8, 4) is 0 Å². The van der Waals surface area contributed by atoms with Crippen molar-refractivity contribution >= 4 is 17.9 Å². The fourth-order valence-corrected chi connectivity index (χ4v) is 1.42. The number of nitrogens with one attached hydrogen (secondary N) is 1. The summed E-state index contributed by atoms with van der Waals surface area (Å²) in [6.07, 6.45) is 1.07. The molecule has 7 heteroatoms. The van der Waals surface area contributed by atoms with Crippen LogP contribution in [-0.4, -0.2) is 38.7 Å². The molecule has 22 heavy (non-hydrogen) atoms. The predicted octanol–water partition coefficient (Wildman–Crippen LogP) is 0.549. The Morgan fingerprint density at radius 3 is 2.32 bits per heavy atom. The van der Waals surface area contributed by atoms with Gasteiger partial charge >= 0.3 is 17.9 Å². The van der Waals surface area contributed by atoms with Gasteiger partial charge in [-0.05, 0) is 5.56 Å². The van der Waals surface area contributed by atoms with Crippen LogP contribution < -0.4 is 5.32 Å². The SMILES string of the molecule is COC(=O)CN/C=C(\C(=O)OC)C(=O)OCc1ccccc1. The van der Waals surface area contributed by atoms with Gasteiger partial charge in [-0.15, -0.1) is 0 Å². The number of carbonyl (C=O) groups is 3. The number of ether oxygens (including phenoxy) is 3. The molecule has 0 radical (unpaired) electrons. The largest absolute Gasteiger partial charge is 0.468 e. The van der Waals surface area contributed by atoms with Crippen LogP contribution >= 0.6 is 0 Å². The standard InChI is InChI=1S/C15H17NO6/c1-20-13(17)9-16-8-12(14(18)21-2)15(19)22-10-11-6-4-3-5-7-11/h3-8,16H,9-10H2,1-2H3/b12-8+. The maximum atomic E-state index is 11.9. The second-order valence-electron chi connectivity index (χ2n) is 4.07. The highest BCUT2D eigenvalue weighted by Crippen LogP contribution is 2.05. The van der Waals surface area contributed by atoms with E-state index in [1.165, 1.54) is 7.11 Å². The van der Waals surface area contributed by atoms with E-state index in [4.69, 9.17) is 4.74 Å². The molecule has 0 saturated heterocycles. The van der Waals surface area contributed by atoms with E-state index in [-0.39, 0.29) is 18.7 Å². The summed E-state index contributed by atoms with van der Waals surface area (Å²) < 4.78 is 14.0. The highest BCUT2D eigenvalue weighted by molar-refractivity contribution is 6.13. The van der Waals surface area contributed by atoms with Gasteiger partial charge in [-0.3, -0.25) is 4.79 Å². The summed E-state index contributed by atoms with van der Waals surface area (Å²) >= 11 is 0. The summed E-state index contributed by atoms with van der Waals surface area (Å²) in [4.78, 5) is 34.4. The van der Waals surface area contributed by atoms with Crippen molar-refractivity contribution in [3.63, 3.8) is 0 Å². The fourth-order valence-electron chi connectivity index (χ4n) is 1.42. The Morgan fingerprint density at radius 2 is 1.73 bits per heavy atom. The molecule has 0 saturated carbocycles. The lowest BCUT2D eigenvalue weighted by molar-refractivity contribution is -0.147. The number of rotatable bonds is 7. The third-order valence-electron chi connectivity index (χ3n) is 2.56. The van der Waals surface area contributed by atoms with Crippen LogP contribution in [0.25, 0.3) is 0 Å². The number of benzene rings is 1. The van der Waals surface area contributed by atoms with Gasteiger partial charge in [-0.1, -0.05) is 30.3 Å². The van der Waals surface area contributed by atoms with Gasteiger partial charge in [0.15, 0.2) is 5.57 Å². The van der Waals surface area contributed by atoms with E-state index in [0.717, 1.165) is 18.9 Å². The van der Waals surface area contributed by atoms with Crippen molar-refractivity contribution in [2.45, 2.75) is 6.61 Å². The van der Waals surface area contributed by atoms with E-state index in [1.807, 2.05) is 6.07 Å². The molecular formula is C15H17NO6. The predicted molar refractivity (Wildman–Crippen MR) is 76.4 cm³/mol. The number of esters is 3. The van der Waals surface area contributed by atoms with Crippen molar-refractivity contribution in [1.82, 2.24) is 5.32 Å². The maximum Gasteiger partial charge on any atom is 0.347 e. The minimum atomic E-state index is -0.865. The Labute approximate surface area is 127 Å². The quantitative estimate of drug-likeness (QED) is 0.258. The summed E-state index contributed by atoms with van der Waals surface area (Å²) in [7, 11) is 2.37. The van der Waals surface area contributed by atoms with E-state index in [2.05, 4.69) is 14.8 Å². The van der Waals surface area contributed by atoms with Crippen LogP contribution in [0.5, 0.6) is 0 Å². The average molecular weight is 307 g/mol. The Morgan fingerprint density at radius 1 is 1.05 bits per heavy atom. The number of hydrogen-bond acceptors (Lipinski definition) is 7. The third kappa shape index (κ3) is 5.66. The normalized spacial score (nSPS) is 10.5. The second-order valence-corrected chi connectivity index (χ2v) is 4.07. The van der Waals surface area contributed by atoms with Gasteiger partial charge in [-0.25, -0.2) is 9.59 Å². The van der Waals surface area contributed by atoms with Gasteiger partial charge in [0.2, 0.25) is 0 Å². The number of methoxy groups -OCH3 is 2. The van der Waals surface area contributed by atoms with Gasteiger partial charge < -0.3 is 19.5 Å². The van der Waals surface area contributed by atoms with Gasteiger partial charge in [0.1, 0.15) is 13.2 Å². The molecule has 0 atom stereocenters. The summed E-state index contributed by atoms with van der Waals surface area (Å²) in [5, 5.41) is 2.49. The first-order valence-electron chi connectivity index (χ1n) is 6.38. The zero-order valence-electron chi connectivity index (χ0n) is 12.3. The topological polar surface area (TPSA) is 90.9 Å². The van der Waals surface area contributed by atoms with Crippen LogP contribution in [0.4, 0.5) is 0 Å². The molecule has 0 heterocycles. The molecule has 0 amide bonds. The lowest BCUT2D eigenvalue weighted by Gasteiger charge is -2.07. The summed E-state index contributed by atoms with van der Waals surface area (Å²) in [5.41, 5.74) is 0.435. The molecule has 0 aliphatic heterocycles. The fraction of sp³-hybridized carbons (Fsp3) is 0.267. The monoisotopic (exact) mass is 307 g/mol. The first-order chi connectivity index (χ1) is 10.6. The van der Waals surface area contributed by atoms with Crippen LogP contribution in [0.3, 0.4) is 0 Å². The molecule has 118 valence electrons. The lowest BCUT2D eigenvalue weighted by atomic mass is 10.2. The van der Waals surface area contributed by atoms with E-state index in [9.17, 15) is 14.4 Å². The summed E-state index contributed by atoms with van der Waals surface area (Å²) in [6.45, 7) is -0.173. The molecule has 7 nitrogen and oxygen atoms in total. The summed E-state index contributed by atoms with van der Waals surface area (Å²) in [6, 6.07) is 9.01. The zero-order valence-corrected chi connectivity index (χ0v) is 12.3. The third-order valence-corrected chi connectivity index (χ3v) is 2.56. The Bertz CT molecular complexity index is 552.